The van der Waals surface area contributed by atoms with Crippen molar-refractivity contribution in [1.29, 1.82) is 0 Å². The summed E-state index contributed by atoms with van der Waals surface area (Å²) in [4.78, 5) is 0. The Morgan fingerprint density at radius 2 is 1.16 bits per heavy atom. The molecule has 0 unspecified atom stereocenters. The standard InChI is InChI=1S/C19H24O6/c1-22-15-7-5-12(9-17(15)24-3)14(11-20)19(21)13-6-8-16(23-2)18(10-13)25-4/h5-10,14,19-21H,11H2,1-4H3/t14-,19-/m1/s1. The van der Waals surface area contributed by atoms with Gasteiger partial charge in [-0.3, -0.25) is 0 Å². The molecule has 2 aromatic rings. The molecule has 0 amide bonds. The Bertz CT molecular complexity index is 700. The topological polar surface area (TPSA) is 77.4 Å². The number of ether oxygens (including phenoxy) is 4. The molecule has 0 aliphatic heterocycles. The predicted octanol–water partition coefficient (Wildman–Crippen LogP) is 2.53. The van der Waals surface area contributed by atoms with Gasteiger partial charge in [-0.05, 0) is 35.4 Å². The lowest BCUT2D eigenvalue weighted by atomic mass is 9.89. The molecule has 2 atom stereocenters. The number of methoxy groups -OCH3 is 4. The molecule has 0 saturated heterocycles. The van der Waals surface area contributed by atoms with Gasteiger partial charge in [0.05, 0.1) is 41.2 Å². The summed E-state index contributed by atoms with van der Waals surface area (Å²) < 4.78 is 21.0. The van der Waals surface area contributed by atoms with Gasteiger partial charge < -0.3 is 29.2 Å². The van der Waals surface area contributed by atoms with E-state index < -0.39 is 12.0 Å². The molecule has 6 heteroatoms. The van der Waals surface area contributed by atoms with E-state index in [1.807, 2.05) is 0 Å². The highest BCUT2D eigenvalue weighted by molar-refractivity contribution is 5.46. The van der Waals surface area contributed by atoms with E-state index in [0.717, 1.165) is 5.56 Å². The third kappa shape index (κ3) is 3.97. The van der Waals surface area contributed by atoms with E-state index in [-0.39, 0.29) is 6.61 Å². The Balaban J connectivity index is 2.37. The Morgan fingerprint density at radius 3 is 1.60 bits per heavy atom. The SMILES string of the molecule is COc1ccc([C@@H](O)[C@H](CO)c2ccc(OC)c(OC)c2)cc1OC. The number of hydrogen-bond acceptors (Lipinski definition) is 6. The minimum Gasteiger partial charge on any atom is -0.493 e. The first kappa shape index (κ1) is 18.9. The highest BCUT2D eigenvalue weighted by atomic mass is 16.5. The maximum atomic E-state index is 10.8. The Morgan fingerprint density at radius 1 is 0.720 bits per heavy atom. The van der Waals surface area contributed by atoms with Crippen LogP contribution in [0.25, 0.3) is 0 Å². The Kier molecular flexibility index (Phi) is 6.50. The van der Waals surface area contributed by atoms with Gasteiger partial charge in [0.1, 0.15) is 0 Å². The van der Waals surface area contributed by atoms with E-state index in [1.165, 1.54) is 7.11 Å². The normalized spacial score (nSPS) is 13.0. The van der Waals surface area contributed by atoms with Crippen LogP contribution in [0.15, 0.2) is 36.4 Å². The van der Waals surface area contributed by atoms with E-state index in [2.05, 4.69) is 0 Å². The van der Waals surface area contributed by atoms with Gasteiger partial charge >= 0.3 is 0 Å². The molecule has 0 spiro atoms. The molecule has 2 N–H and O–H groups in total. The third-order valence-electron chi connectivity index (χ3n) is 4.16. The molecule has 0 bridgehead atoms. The van der Waals surface area contributed by atoms with Crippen molar-refractivity contribution in [3.8, 4) is 23.0 Å². The largest absolute Gasteiger partial charge is 0.493 e. The summed E-state index contributed by atoms with van der Waals surface area (Å²) >= 11 is 0. The lowest BCUT2D eigenvalue weighted by Gasteiger charge is -2.23. The van der Waals surface area contributed by atoms with Crippen molar-refractivity contribution in [3.63, 3.8) is 0 Å². The van der Waals surface area contributed by atoms with E-state index in [4.69, 9.17) is 18.9 Å². The van der Waals surface area contributed by atoms with Gasteiger partial charge in [-0.2, -0.15) is 0 Å². The maximum absolute atomic E-state index is 10.8. The van der Waals surface area contributed by atoms with Crippen LogP contribution in [0.1, 0.15) is 23.1 Å². The molecule has 0 aliphatic carbocycles. The van der Waals surface area contributed by atoms with Crippen LogP contribution in [0, 0.1) is 0 Å². The monoisotopic (exact) mass is 348 g/mol. The van der Waals surface area contributed by atoms with Gasteiger partial charge in [0.15, 0.2) is 23.0 Å². The van der Waals surface area contributed by atoms with Crippen LogP contribution in [-0.2, 0) is 0 Å². The van der Waals surface area contributed by atoms with E-state index in [1.54, 1.807) is 57.7 Å². The first-order valence-electron chi connectivity index (χ1n) is 7.82. The third-order valence-corrected chi connectivity index (χ3v) is 4.16. The lowest BCUT2D eigenvalue weighted by molar-refractivity contribution is 0.106. The molecule has 2 aromatic carbocycles. The molecule has 25 heavy (non-hydrogen) atoms. The van der Waals surface area contributed by atoms with Gasteiger partial charge in [-0.1, -0.05) is 12.1 Å². The van der Waals surface area contributed by atoms with Crippen molar-refractivity contribution in [1.82, 2.24) is 0 Å². The van der Waals surface area contributed by atoms with Crippen molar-refractivity contribution in [2.45, 2.75) is 12.0 Å². The highest BCUT2D eigenvalue weighted by Crippen LogP contribution is 2.38. The van der Waals surface area contributed by atoms with Crippen molar-refractivity contribution >= 4 is 0 Å². The predicted molar refractivity (Wildman–Crippen MR) is 93.9 cm³/mol. The van der Waals surface area contributed by atoms with E-state index in [0.29, 0.717) is 28.6 Å². The highest BCUT2D eigenvalue weighted by Gasteiger charge is 2.24. The smallest absolute Gasteiger partial charge is 0.161 e. The fourth-order valence-corrected chi connectivity index (χ4v) is 2.74. The van der Waals surface area contributed by atoms with Crippen molar-refractivity contribution in [3.05, 3.63) is 47.5 Å². The van der Waals surface area contributed by atoms with Crippen LogP contribution < -0.4 is 18.9 Å². The summed E-state index contributed by atoms with van der Waals surface area (Å²) in [5.41, 5.74) is 1.36. The summed E-state index contributed by atoms with van der Waals surface area (Å²) in [7, 11) is 6.18. The quantitative estimate of drug-likeness (QED) is 0.763. The number of rotatable bonds is 8. The van der Waals surface area contributed by atoms with Crippen molar-refractivity contribution in [2.24, 2.45) is 0 Å². The second kappa shape index (κ2) is 8.60. The summed E-state index contributed by atoms with van der Waals surface area (Å²) in [6, 6.07) is 10.5. The van der Waals surface area contributed by atoms with Gasteiger partial charge in [0.2, 0.25) is 0 Å². The average molecular weight is 348 g/mol. The molecule has 0 aromatic heterocycles. The zero-order chi connectivity index (χ0) is 18.4. The summed E-state index contributed by atoms with van der Waals surface area (Å²) in [6.07, 6.45) is -0.928. The minimum atomic E-state index is -0.928. The molecule has 0 radical (unpaired) electrons. The van der Waals surface area contributed by atoms with Crippen molar-refractivity contribution in [2.75, 3.05) is 35.0 Å². The van der Waals surface area contributed by atoms with Gasteiger partial charge in [0.25, 0.3) is 0 Å². The average Bonchev–Trinajstić information content (AvgIpc) is 2.67. The summed E-state index contributed by atoms with van der Waals surface area (Å²) in [5, 5.41) is 20.6. The fraction of sp³-hybridized carbons (Fsp3) is 0.368. The number of aliphatic hydroxyl groups is 2. The zero-order valence-electron chi connectivity index (χ0n) is 14.9. The second-order valence-electron chi connectivity index (χ2n) is 5.46. The lowest BCUT2D eigenvalue weighted by Crippen LogP contribution is -2.15. The molecule has 0 fully saturated rings. The number of hydrogen-bond donors (Lipinski definition) is 2. The van der Waals surface area contributed by atoms with Gasteiger partial charge in [0, 0.05) is 5.92 Å². The molecule has 6 nitrogen and oxygen atoms in total. The molecule has 0 heterocycles. The molecule has 2 rings (SSSR count). The first-order valence-corrected chi connectivity index (χ1v) is 7.82. The van der Waals surface area contributed by atoms with Crippen LogP contribution in [-0.4, -0.2) is 45.3 Å². The molecular weight excluding hydrogens is 324 g/mol. The Labute approximate surface area is 147 Å². The van der Waals surface area contributed by atoms with E-state index >= 15 is 0 Å². The van der Waals surface area contributed by atoms with E-state index in [9.17, 15) is 10.2 Å². The zero-order valence-corrected chi connectivity index (χ0v) is 14.9. The molecule has 0 aliphatic rings. The maximum Gasteiger partial charge on any atom is 0.161 e. The molecule has 136 valence electrons. The Hall–Kier alpha value is -2.44. The summed E-state index contributed by atoms with van der Waals surface area (Å²) in [6.45, 7) is -0.231. The van der Waals surface area contributed by atoms with Crippen LogP contribution >= 0.6 is 0 Å². The second-order valence-corrected chi connectivity index (χ2v) is 5.46. The number of aliphatic hydroxyl groups excluding tert-OH is 2. The molecule has 0 saturated carbocycles. The van der Waals surface area contributed by atoms with Gasteiger partial charge in [-0.25, -0.2) is 0 Å². The summed E-state index contributed by atoms with van der Waals surface area (Å²) in [5.74, 6) is 1.69. The van der Waals surface area contributed by atoms with Crippen LogP contribution in [0.4, 0.5) is 0 Å². The number of benzene rings is 2. The first-order chi connectivity index (χ1) is 12.1. The van der Waals surface area contributed by atoms with Crippen molar-refractivity contribution < 1.29 is 29.2 Å². The van der Waals surface area contributed by atoms with Crippen LogP contribution in [0.2, 0.25) is 0 Å². The van der Waals surface area contributed by atoms with Gasteiger partial charge in [-0.15, -0.1) is 0 Å². The minimum absolute atomic E-state index is 0.231. The fourth-order valence-electron chi connectivity index (χ4n) is 2.74. The van der Waals surface area contributed by atoms with Crippen LogP contribution in [0.3, 0.4) is 0 Å². The molecular formula is C19H24O6. The van der Waals surface area contributed by atoms with Crippen LogP contribution in [0.5, 0.6) is 23.0 Å².